The van der Waals surface area contributed by atoms with Crippen LogP contribution in [0.4, 0.5) is 0 Å². The van der Waals surface area contributed by atoms with E-state index in [0.29, 0.717) is 0 Å². The Kier molecular flexibility index (Phi) is 2.74. The van der Waals surface area contributed by atoms with Crippen molar-refractivity contribution in [2.75, 3.05) is 0 Å². The number of pyridine rings is 1. The van der Waals surface area contributed by atoms with E-state index in [1.165, 1.54) is 0 Å². The Labute approximate surface area is 117 Å². The first-order valence-corrected chi connectivity index (χ1v) is 6.59. The number of rotatable bonds is 1. The predicted octanol–water partition coefficient (Wildman–Crippen LogP) is 3.56. The quantitative estimate of drug-likeness (QED) is 0.733. The molecular weight excluding hydrogens is 250 g/mol. The Balaban J connectivity index is 2.35. The van der Waals surface area contributed by atoms with Gasteiger partial charge in [-0.1, -0.05) is 12.1 Å². The molecule has 0 bridgehead atoms. The molecule has 0 radical (unpaired) electrons. The third-order valence-corrected chi connectivity index (χ3v) is 3.23. The van der Waals surface area contributed by atoms with Crippen LogP contribution >= 0.6 is 0 Å². The Morgan fingerprint density at radius 1 is 1.15 bits per heavy atom. The number of fused-ring (bicyclic) bond motifs is 1. The van der Waals surface area contributed by atoms with Gasteiger partial charge in [0.1, 0.15) is 17.1 Å². The molecule has 0 aliphatic heterocycles. The van der Waals surface area contributed by atoms with Gasteiger partial charge >= 0.3 is 0 Å². The third-order valence-electron chi connectivity index (χ3n) is 3.23. The van der Waals surface area contributed by atoms with Crippen LogP contribution in [0.15, 0.2) is 42.7 Å². The van der Waals surface area contributed by atoms with Crippen molar-refractivity contribution in [2.45, 2.75) is 26.3 Å². The zero-order valence-corrected chi connectivity index (χ0v) is 11.8. The van der Waals surface area contributed by atoms with Gasteiger partial charge in [0, 0.05) is 17.3 Å². The molecule has 0 fully saturated rings. The second kappa shape index (κ2) is 4.34. The van der Waals surface area contributed by atoms with Crippen molar-refractivity contribution >= 4 is 11.0 Å². The van der Waals surface area contributed by atoms with E-state index in [1.54, 1.807) is 24.5 Å². The molecular formula is C16H17N3O. The summed E-state index contributed by atoms with van der Waals surface area (Å²) in [6.45, 7) is 6.42. The highest BCUT2D eigenvalue weighted by Crippen LogP contribution is 2.31. The molecule has 4 heteroatoms. The lowest BCUT2D eigenvalue weighted by atomic mass is 10.1. The Bertz CT molecular complexity index is 769. The van der Waals surface area contributed by atoms with Crippen LogP contribution in [-0.4, -0.2) is 19.6 Å². The number of phenolic OH excluding ortho intramolecular Hbond substituents is 1. The van der Waals surface area contributed by atoms with Gasteiger partial charge in [0.2, 0.25) is 0 Å². The average Bonchev–Trinajstić information content (AvgIpc) is 2.77. The van der Waals surface area contributed by atoms with Crippen molar-refractivity contribution in [3.05, 3.63) is 42.7 Å². The first kappa shape index (κ1) is 12.7. The van der Waals surface area contributed by atoms with Gasteiger partial charge in [-0.3, -0.25) is 4.98 Å². The second-order valence-electron chi connectivity index (χ2n) is 5.86. The van der Waals surface area contributed by atoms with Gasteiger partial charge in [-0.25, -0.2) is 4.98 Å². The molecule has 1 N–H and O–H groups in total. The number of phenols is 1. The highest BCUT2D eigenvalue weighted by molar-refractivity contribution is 5.80. The summed E-state index contributed by atoms with van der Waals surface area (Å²) in [6, 6.07) is 9.15. The fraction of sp³-hybridized carbons (Fsp3) is 0.250. The van der Waals surface area contributed by atoms with Gasteiger partial charge in [-0.15, -0.1) is 0 Å². The van der Waals surface area contributed by atoms with Crippen molar-refractivity contribution in [1.82, 2.24) is 14.5 Å². The molecule has 0 saturated heterocycles. The monoisotopic (exact) mass is 267 g/mol. The summed E-state index contributed by atoms with van der Waals surface area (Å²) in [6.07, 6.45) is 3.54. The lowest BCUT2D eigenvalue weighted by Crippen LogP contribution is -2.22. The first-order valence-electron chi connectivity index (χ1n) is 6.59. The molecule has 4 nitrogen and oxygen atoms in total. The number of nitrogens with zero attached hydrogens (tertiary/aromatic N) is 3. The molecule has 0 atom stereocenters. The van der Waals surface area contributed by atoms with Crippen molar-refractivity contribution < 1.29 is 5.11 Å². The standard InChI is InChI=1S/C16H17N3O/c1-16(2,3)19-14-7-8-17-10-13(14)18-15(19)11-5-4-6-12(20)9-11/h4-10,20H,1-3H3. The van der Waals surface area contributed by atoms with E-state index in [-0.39, 0.29) is 11.3 Å². The molecule has 0 unspecified atom stereocenters. The first-order chi connectivity index (χ1) is 9.47. The predicted molar refractivity (Wildman–Crippen MR) is 79.6 cm³/mol. The molecule has 2 aromatic heterocycles. The van der Waals surface area contributed by atoms with Crippen LogP contribution in [0.2, 0.25) is 0 Å². The third kappa shape index (κ3) is 2.03. The van der Waals surface area contributed by atoms with Crippen LogP contribution in [-0.2, 0) is 5.54 Å². The van der Waals surface area contributed by atoms with E-state index < -0.39 is 0 Å². The summed E-state index contributed by atoms with van der Waals surface area (Å²) in [5.41, 5.74) is 2.69. The normalized spacial score (nSPS) is 11.9. The topological polar surface area (TPSA) is 50.9 Å². The Hall–Kier alpha value is -2.36. The molecule has 20 heavy (non-hydrogen) atoms. The lowest BCUT2D eigenvalue weighted by molar-refractivity contribution is 0.413. The molecule has 2 heterocycles. The van der Waals surface area contributed by atoms with Crippen molar-refractivity contribution in [3.8, 4) is 17.1 Å². The van der Waals surface area contributed by atoms with Crippen LogP contribution in [0.3, 0.4) is 0 Å². The summed E-state index contributed by atoms with van der Waals surface area (Å²) in [4.78, 5) is 8.82. The summed E-state index contributed by atoms with van der Waals surface area (Å²) in [7, 11) is 0. The van der Waals surface area contributed by atoms with Gasteiger partial charge in [0.25, 0.3) is 0 Å². The fourth-order valence-electron chi connectivity index (χ4n) is 2.45. The minimum Gasteiger partial charge on any atom is -0.508 e. The molecule has 0 aliphatic rings. The number of hydrogen-bond acceptors (Lipinski definition) is 3. The zero-order valence-electron chi connectivity index (χ0n) is 11.8. The van der Waals surface area contributed by atoms with Crippen LogP contribution in [0.1, 0.15) is 20.8 Å². The average molecular weight is 267 g/mol. The highest BCUT2D eigenvalue weighted by atomic mass is 16.3. The number of aromatic hydroxyl groups is 1. The van der Waals surface area contributed by atoms with Gasteiger partial charge in [-0.2, -0.15) is 0 Å². The minimum absolute atomic E-state index is 0.114. The van der Waals surface area contributed by atoms with Crippen molar-refractivity contribution in [2.24, 2.45) is 0 Å². The molecule has 3 rings (SSSR count). The molecule has 0 spiro atoms. The fourth-order valence-corrected chi connectivity index (χ4v) is 2.45. The van der Waals surface area contributed by atoms with Gasteiger partial charge in [0.15, 0.2) is 0 Å². The zero-order chi connectivity index (χ0) is 14.3. The van der Waals surface area contributed by atoms with Gasteiger partial charge < -0.3 is 9.67 Å². The van der Waals surface area contributed by atoms with E-state index >= 15 is 0 Å². The summed E-state index contributed by atoms with van der Waals surface area (Å²) >= 11 is 0. The van der Waals surface area contributed by atoms with E-state index in [1.807, 2.05) is 18.2 Å². The summed E-state index contributed by atoms with van der Waals surface area (Å²) in [5, 5.41) is 9.69. The van der Waals surface area contributed by atoms with Crippen LogP contribution in [0.25, 0.3) is 22.4 Å². The molecule has 0 amide bonds. The molecule has 1 aromatic carbocycles. The van der Waals surface area contributed by atoms with Crippen LogP contribution in [0.5, 0.6) is 5.75 Å². The van der Waals surface area contributed by atoms with E-state index in [2.05, 4.69) is 35.3 Å². The van der Waals surface area contributed by atoms with E-state index in [4.69, 9.17) is 0 Å². The molecule has 0 aliphatic carbocycles. The minimum atomic E-state index is -0.114. The van der Waals surface area contributed by atoms with Crippen LogP contribution in [0, 0.1) is 0 Å². The molecule has 3 aromatic rings. The smallest absolute Gasteiger partial charge is 0.141 e. The second-order valence-corrected chi connectivity index (χ2v) is 5.86. The highest BCUT2D eigenvalue weighted by Gasteiger charge is 2.22. The lowest BCUT2D eigenvalue weighted by Gasteiger charge is -2.24. The van der Waals surface area contributed by atoms with E-state index in [9.17, 15) is 5.11 Å². The number of imidazole rings is 1. The van der Waals surface area contributed by atoms with Gasteiger partial charge in [-0.05, 0) is 39.0 Å². The molecule has 102 valence electrons. The van der Waals surface area contributed by atoms with E-state index in [0.717, 1.165) is 22.4 Å². The number of benzene rings is 1. The maximum atomic E-state index is 9.69. The summed E-state index contributed by atoms with van der Waals surface area (Å²) in [5.74, 6) is 1.09. The van der Waals surface area contributed by atoms with Crippen LogP contribution < -0.4 is 0 Å². The number of hydrogen-bond donors (Lipinski definition) is 1. The largest absolute Gasteiger partial charge is 0.508 e. The maximum absolute atomic E-state index is 9.69. The Morgan fingerprint density at radius 2 is 1.95 bits per heavy atom. The maximum Gasteiger partial charge on any atom is 0.141 e. The summed E-state index contributed by atoms with van der Waals surface area (Å²) < 4.78 is 2.18. The molecule has 0 saturated carbocycles. The SMILES string of the molecule is CC(C)(C)n1c(-c2cccc(O)c2)nc2cnccc21. The number of aromatic nitrogens is 3. The van der Waals surface area contributed by atoms with Crippen molar-refractivity contribution in [3.63, 3.8) is 0 Å². The van der Waals surface area contributed by atoms with Crippen molar-refractivity contribution in [1.29, 1.82) is 0 Å². The van der Waals surface area contributed by atoms with Gasteiger partial charge in [0.05, 0.1) is 11.7 Å². The Morgan fingerprint density at radius 3 is 2.65 bits per heavy atom.